The van der Waals surface area contributed by atoms with Gasteiger partial charge in [0.05, 0.1) is 17.4 Å². The minimum atomic E-state index is -0.675. The number of likely N-dealkylation sites (N-methyl/N-ethyl adjacent to an activating group) is 1. The van der Waals surface area contributed by atoms with Crippen LogP contribution in [0.3, 0.4) is 0 Å². The van der Waals surface area contributed by atoms with Gasteiger partial charge in [0.25, 0.3) is 5.56 Å². The number of benzene rings is 3. The number of H-pyrrole nitrogens is 1. The molecular formula is C23H23N3O3. The predicted octanol–water partition coefficient (Wildman–Crippen LogP) is 2.95. The van der Waals surface area contributed by atoms with E-state index in [9.17, 15) is 9.90 Å². The van der Waals surface area contributed by atoms with Gasteiger partial charge in [-0.05, 0) is 30.6 Å². The van der Waals surface area contributed by atoms with Crippen LogP contribution >= 0.6 is 0 Å². The number of fused-ring (bicyclic) bond motifs is 2. The Balaban J connectivity index is 1.37. The lowest BCUT2D eigenvalue weighted by atomic mass is 10.1. The van der Waals surface area contributed by atoms with Gasteiger partial charge < -0.3 is 14.8 Å². The Morgan fingerprint density at radius 2 is 1.76 bits per heavy atom. The zero-order valence-electron chi connectivity index (χ0n) is 16.2. The summed E-state index contributed by atoms with van der Waals surface area (Å²) in [4.78, 5) is 21.4. The molecule has 1 atom stereocenters. The molecule has 6 nitrogen and oxygen atoms in total. The van der Waals surface area contributed by atoms with Crippen LogP contribution in [0.5, 0.6) is 5.75 Å². The van der Waals surface area contributed by atoms with Gasteiger partial charge in [-0.3, -0.25) is 9.69 Å². The highest BCUT2D eigenvalue weighted by Gasteiger charge is 2.12. The smallest absolute Gasteiger partial charge is 0.258 e. The van der Waals surface area contributed by atoms with Crippen molar-refractivity contribution in [2.75, 3.05) is 20.2 Å². The Hall–Kier alpha value is -3.22. The first-order valence-electron chi connectivity index (χ1n) is 9.55. The molecule has 0 aliphatic heterocycles. The standard InChI is InChI=1S/C23H23N3O3/c1-26(14-22-24-20-11-5-4-10-19(20)23(28)25-22)13-17(27)15-29-21-12-6-8-16-7-2-3-9-18(16)21/h2-12,17,27H,13-15H2,1H3,(H,24,25,28)/t17-/m1/s1. The van der Waals surface area contributed by atoms with Crippen LogP contribution in [0.1, 0.15) is 5.82 Å². The molecule has 4 aromatic rings. The molecule has 3 aromatic carbocycles. The second-order valence-corrected chi connectivity index (χ2v) is 7.17. The van der Waals surface area contributed by atoms with Crippen LogP contribution in [0.25, 0.3) is 21.7 Å². The van der Waals surface area contributed by atoms with Crippen molar-refractivity contribution < 1.29 is 9.84 Å². The first kappa shape index (κ1) is 19.1. The normalized spacial score (nSPS) is 12.5. The fraction of sp³-hybridized carbons (Fsp3) is 0.217. The number of nitrogens with zero attached hydrogens (tertiary/aromatic N) is 2. The molecule has 0 fully saturated rings. The van der Waals surface area contributed by atoms with Crippen molar-refractivity contribution in [3.63, 3.8) is 0 Å². The average Bonchev–Trinajstić information content (AvgIpc) is 2.72. The highest BCUT2D eigenvalue weighted by Crippen LogP contribution is 2.25. The molecule has 0 aliphatic rings. The van der Waals surface area contributed by atoms with Gasteiger partial charge in [0.15, 0.2) is 0 Å². The molecule has 0 bridgehead atoms. The van der Waals surface area contributed by atoms with Crippen molar-refractivity contribution in [3.05, 3.63) is 82.9 Å². The van der Waals surface area contributed by atoms with Crippen LogP contribution in [0.4, 0.5) is 0 Å². The topological polar surface area (TPSA) is 78.5 Å². The highest BCUT2D eigenvalue weighted by atomic mass is 16.5. The van der Waals surface area contributed by atoms with E-state index in [1.54, 1.807) is 6.07 Å². The Bertz CT molecular complexity index is 1180. The summed E-state index contributed by atoms with van der Waals surface area (Å²) in [5, 5.41) is 13.1. The first-order valence-corrected chi connectivity index (χ1v) is 9.55. The van der Waals surface area contributed by atoms with E-state index >= 15 is 0 Å². The fourth-order valence-corrected chi connectivity index (χ4v) is 3.45. The molecule has 0 radical (unpaired) electrons. The summed E-state index contributed by atoms with van der Waals surface area (Å²) in [6.07, 6.45) is -0.675. The Morgan fingerprint density at radius 1 is 1.03 bits per heavy atom. The van der Waals surface area contributed by atoms with E-state index in [1.165, 1.54) is 0 Å². The monoisotopic (exact) mass is 389 g/mol. The minimum Gasteiger partial charge on any atom is -0.490 e. The molecule has 1 heterocycles. The number of rotatable bonds is 7. The molecule has 0 saturated carbocycles. The zero-order valence-corrected chi connectivity index (χ0v) is 16.2. The predicted molar refractivity (Wildman–Crippen MR) is 114 cm³/mol. The van der Waals surface area contributed by atoms with Gasteiger partial charge in [-0.2, -0.15) is 0 Å². The maximum Gasteiger partial charge on any atom is 0.258 e. The van der Waals surface area contributed by atoms with E-state index in [-0.39, 0.29) is 12.2 Å². The molecule has 0 spiro atoms. The second kappa shape index (κ2) is 8.43. The van der Waals surface area contributed by atoms with E-state index in [0.717, 1.165) is 16.5 Å². The highest BCUT2D eigenvalue weighted by molar-refractivity contribution is 5.88. The maximum atomic E-state index is 12.2. The number of para-hydroxylation sites is 1. The summed E-state index contributed by atoms with van der Waals surface area (Å²) in [5.74, 6) is 1.32. The number of hydrogen-bond acceptors (Lipinski definition) is 5. The van der Waals surface area contributed by atoms with E-state index in [1.807, 2.05) is 72.6 Å². The van der Waals surface area contributed by atoms with Gasteiger partial charge in [-0.1, -0.05) is 48.5 Å². The molecule has 6 heteroatoms. The van der Waals surface area contributed by atoms with Crippen LogP contribution in [0.15, 0.2) is 71.5 Å². The van der Waals surface area contributed by atoms with Gasteiger partial charge in [-0.25, -0.2) is 4.98 Å². The van der Waals surface area contributed by atoms with Crippen molar-refractivity contribution >= 4 is 21.7 Å². The Labute approximate surface area is 168 Å². The molecule has 0 unspecified atom stereocenters. The lowest BCUT2D eigenvalue weighted by Crippen LogP contribution is -2.33. The fourth-order valence-electron chi connectivity index (χ4n) is 3.45. The zero-order chi connectivity index (χ0) is 20.2. The van der Waals surface area contributed by atoms with Crippen LogP contribution in [-0.2, 0) is 6.54 Å². The van der Waals surface area contributed by atoms with Crippen molar-refractivity contribution in [3.8, 4) is 5.75 Å². The van der Waals surface area contributed by atoms with Gasteiger partial charge in [0.2, 0.25) is 0 Å². The lowest BCUT2D eigenvalue weighted by molar-refractivity contribution is 0.0743. The Morgan fingerprint density at radius 3 is 2.62 bits per heavy atom. The lowest BCUT2D eigenvalue weighted by Gasteiger charge is -2.20. The maximum absolute atomic E-state index is 12.2. The van der Waals surface area contributed by atoms with Gasteiger partial charge in [0.1, 0.15) is 24.3 Å². The van der Waals surface area contributed by atoms with Gasteiger partial charge in [-0.15, -0.1) is 0 Å². The van der Waals surface area contributed by atoms with E-state index in [2.05, 4.69) is 9.97 Å². The summed E-state index contributed by atoms with van der Waals surface area (Å²) in [6.45, 7) is 0.993. The van der Waals surface area contributed by atoms with Crippen molar-refractivity contribution in [1.29, 1.82) is 0 Å². The molecule has 2 N–H and O–H groups in total. The Kier molecular flexibility index (Phi) is 5.55. The molecular weight excluding hydrogens is 366 g/mol. The van der Waals surface area contributed by atoms with Crippen molar-refractivity contribution in [1.82, 2.24) is 14.9 Å². The summed E-state index contributed by atoms with van der Waals surface area (Å²) in [7, 11) is 1.87. The molecule has 4 rings (SSSR count). The summed E-state index contributed by atoms with van der Waals surface area (Å²) >= 11 is 0. The van der Waals surface area contributed by atoms with E-state index in [4.69, 9.17) is 4.74 Å². The number of aliphatic hydroxyl groups excluding tert-OH is 1. The number of nitrogens with one attached hydrogen (secondary N) is 1. The molecule has 0 saturated heterocycles. The second-order valence-electron chi connectivity index (χ2n) is 7.17. The molecule has 148 valence electrons. The number of aliphatic hydroxyl groups is 1. The summed E-state index contributed by atoms with van der Waals surface area (Å²) in [6, 6.07) is 21.1. The van der Waals surface area contributed by atoms with Crippen LogP contribution in [0, 0.1) is 0 Å². The van der Waals surface area contributed by atoms with E-state index in [0.29, 0.717) is 29.8 Å². The van der Waals surface area contributed by atoms with Crippen LogP contribution < -0.4 is 10.3 Å². The summed E-state index contributed by atoms with van der Waals surface area (Å²) < 4.78 is 5.86. The number of aromatic nitrogens is 2. The first-order chi connectivity index (χ1) is 14.1. The number of aromatic amines is 1. The van der Waals surface area contributed by atoms with Gasteiger partial charge >= 0.3 is 0 Å². The largest absolute Gasteiger partial charge is 0.490 e. The number of ether oxygens (including phenoxy) is 1. The van der Waals surface area contributed by atoms with Crippen LogP contribution in [0.2, 0.25) is 0 Å². The third-order valence-electron chi connectivity index (χ3n) is 4.78. The third-order valence-corrected chi connectivity index (χ3v) is 4.78. The minimum absolute atomic E-state index is 0.154. The SMILES string of the molecule is CN(Cc1nc2ccccc2c(=O)[nH]1)C[C@@H](O)COc1cccc2ccccc12. The third kappa shape index (κ3) is 4.45. The number of hydrogen-bond donors (Lipinski definition) is 2. The molecule has 0 aliphatic carbocycles. The summed E-state index contributed by atoms with van der Waals surface area (Å²) in [5.41, 5.74) is 0.512. The quantitative estimate of drug-likeness (QED) is 0.508. The van der Waals surface area contributed by atoms with Crippen LogP contribution in [-0.4, -0.2) is 46.3 Å². The van der Waals surface area contributed by atoms with Gasteiger partial charge in [0, 0.05) is 11.9 Å². The van der Waals surface area contributed by atoms with Crippen molar-refractivity contribution in [2.45, 2.75) is 12.6 Å². The molecule has 0 amide bonds. The average molecular weight is 389 g/mol. The van der Waals surface area contributed by atoms with Crippen molar-refractivity contribution in [2.24, 2.45) is 0 Å². The van der Waals surface area contributed by atoms with E-state index < -0.39 is 6.10 Å². The molecule has 1 aromatic heterocycles. The molecule has 29 heavy (non-hydrogen) atoms.